The van der Waals surface area contributed by atoms with Gasteiger partial charge in [-0.25, -0.2) is 9.59 Å². The van der Waals surface area contributed by atoms with Crippen LogP contribution in [-0.2, 0) is 19.1 Å². The fraction of sp³-hybridized carbons (Fsp3) is 0.130. The van der Waals surface area contributed by atoms with E-state index in [9.17, 15) is 19.6 Å². The number of anilines is 1. The Morgan fingerprint density at radius 1 is 1.00 bits per heavy atom. The largest absolute Gasteiger partial charge is 0.466 e. The Bertz CT molecular complexity index is 1180. The number of nitriles is 1. The molecule has 0 amide bonds. The molecule has 2 aromatic rings. The number of halogens is 1. The highest BCUT2D eigenvalue weighted by atomic mass is 35.5. The standard InChI is InChI=1S/C23H18ClN3O5/c1-31-22(29)18-17(13-6-4-3-5-7-13)16(12-25)21(26)27(19(18)23(30)32-2)15-10-8-14(9-11-15)20(24)28/h3-11,17H,26H2,1-2H3. The molecule has 32 heavy (non-hydrogen) atoms. The molecular formula is C23H18ClN3O5. The molecule has 1 atom stereocenters. The maximum atomic E-state index is 12.9. The molecule has 0 saturated heterocycles. The number of nitrogens with two attached hydrogens (primary N) is 1. The van der Waals surface area contributed by atoms with Crippen LogP contribution < -0.4 is 10.6 Å². The highest BCUT2D eigenvalue weighted by Crippen LogP contribution is 2.43. The van der Waals surface area contributed by atoms with Gasteiger partial charge in [0.15, 0.2) is 0 Å². The lowest BCUT2D eigenvalue weighted by Gasteiger charge is -2.35. The van der Waals surface area contributed by atoms with Crippen molar-refractivity contribution in [1.29, 1.82) is 5.26 Å². The van der Waals surface area contributed by atoms with Crippen molar-refractivity contribution in [2.75, 3.05) is 19.1 Å². The number of hydrogen-bond acceptors (Lipinski definition) is 8. The SMILES string of the molecule is COC(=O)C1=C(C(=O)OC)N(c2ccc(C(=O)Cl)cc2)C(N)=C(C#N)C1c1ccccc1. The van der Waals surface area contributed by atoms with Crippen molar-refractivity contribution in [1.82, 2.24) is 0 Å². The van der Waals surface area contributed by atoms with E-state index >= 15 is 0 Å². The molecule has 8 nitrogen and oxygen atoms in total. The van der Waals surface area contributed by atoms with Gasteiger partial charge in [-0.15, -0.1) is 0 Å². The van der Waals surface area contributed by atoms with E-state index in [1.165, 1.54) is 36.3 Å². The second-order valence-electron chi connectivity index (χ2n) is 6.66. The van der Waals surface area contributed by atoms with Gasteiger partial charge < -0.3 is 15.2 Å². The highest BCUT2D eigenvalue weighted by Gasteiger charge is 2.42. The van der Waals surface area contributed by atoms with Crippen LogP contribution in [0, 0.1) is 11.3 Å². The molecule has 0 bridgehead atoms. The third-order valence-electron chi connectivity index (χ3n) is 4.96. The first kappa shape index (κ1) is 22.6. The minimum absolute atomic E-state index is 0.0433. The first-order valence-electron chi connectivity index (χ1n) is 9.31. The molecule has 1 heterocycles. The molecule has 0 fully saturated rings. The van der Waals surface area contributed by atoms with Crippen LogP contribution in [0.4, 0.5) is 5.69 Å². The van der Waals surface area contributed by atoms with E-state index in [-0.39, 0.29) is 28.2 Å². The summed E-state index contributed by atoms with van der Waals surface area (Å²) in [5, 5.41) is 9.29. The van der Waals surface area contributed by atoms with Crippen LogP contribution in [0.2, 0.25) is 0 Å². The van der Waals surface area contributed by atoms with E-state index in [1.54, 1.807) is 30.3 Å². The first-order valence-corrected chi connectivity index (χ1v) is 9.69. The topological polar surface area (TPSA) is 123 Å². The first-order chi connectivity index (χ1) is 15.3. The molecule has 1 aliphatic heterocycles. The monoisotopic (exact) mass is 451 g/mol. The zero-order valence-corrected chi connectivity index (χ0v) is 17.9. The van der Waals surface area contributed by atoms with Gasteiger partial charge >= 0.3 is 11.9 Å². The van der Waals surface area contributed by atoms with Crippen LogP contribution in [0.3, 0.4) is 0 Å². The highest BCUT2D eigenvalue weighted by molar-refractivity contribution is 6.67. The molecule has 0 saturated carbocycles. The summed E-state index contributed by atoms with van der Waals surface area (Å²) < 4.78 is 9.91. The number of methoxy groups -OCH3 is 2. The van der Waals surface area contributed by atoms with Crippen molar-refractivity contribution in [3.05, 3.63) is 88.4 Å². The van der Waals surface area contributed by atoms with Gasteiger partial charge in [0.25, 0.3) is 5.24 Å². The van der Waals surface area contributed by atoms with Crippen molar-refractivity contribution in [2.45, 2.75) is 5.92 Å². The quantitative estimate of drug-likeness (QED) is 0.543. The summed E-state index contributed by atoms with van der Waals surface area (Å²) in [7, 11) is 2.33. The van der Waals surface area contributed by atoms with Gasteiger partial charge in [-0.05, 0) is 41.4 Å². The number of ether oxygens (including phenoxy) is 2. The van der Waals surface area contributed by atoms with Crippen molar-refractivity contribution in [3.8, 4) is 6.07 Å². The average molecular weight is 452 g/mol. The second kappa shape index (κ2) is 9.37. The molecule has 3 rings (SSSR count). The van der Waals surface area contributed by atoms with Crippen LogP contribution in [0.1, 0.15) is 21.8 Å². The van der Waals surface area contributed by atoms with E-state index in [0.717, 1.165) is 7.11 Å². The third-order valence-corrected chi connectivity index (χ3v) is 5.18. The van der Waals surface area contributed by atoms with Crippen LogP contribution in [-0.4, -0.2) is 31.4 Å². The average Bonchev–Trinajstić information content (AvgIpc) is 2.82. The Kier molecular flexibility index (Phi) is 6.61. The number of hydrogen-bond donors (Lipinski definition) is 1. The molecule has 2 N–H and O–H groups in total. The molecule has 0 spiro atoms. The second-order valence-corrected chi connectivity index (χ2v) is 7.00. The van der Waals surface area contributed by atoms with Crippen LogP contribution >= 0.6 is 11.6 Å². The molecule has 2 aromatic carbocycles. The van der Waals surface area contributed by atoms with E-state index in [1.807, 2.05) is 0 Å². The molecule has 0 radical (unpaired) electrons. The van der Waals surface area contributed by atoms with Crippen LogP contribution in [0.5, 0.6) is 0 Å². The maximum Gasteiger partial charge on any atom is 0.355 e. The predicted molar refractivity (Wildman–Crippen MR) is 116 cm³/mol. The Labute approximate surface area is 189 Å². The fourth-order valence-electron chi connectivity index (χ4n) is 3.52. The lowest BCUT2D eigenvalue weighted by Crippen LogP contribution is -2.40. The van der Waals surface area contributed by atoms with E-state index in [0.29, 0.717) is 11.3 Å². The number of nitrogens with zero attached hydrogens (tertiary/aromatic N) is 2. The molecule has 1 unspecified atom stereocenters. The summed E-state index contributed by atoms with van der Waals surface area (Å²) in [5.41, 5.74) is 7.21. The maximum absolute atomic E-state index is 12.9. The fourth-order valence-corrected chi connectivity index (χ4v) is 3.65. The Hall–Kier alpha value is -4.09. The molecular weight excluding hydrogens is 434 g/mol. The summed E-state index contributed by atoms with van der Waals surface area (Å²) >= 11 is 5.51. The van der Waals surface area contributed by atoms with E-state index < -0.39 is 23.1 Å². The number of esters is 2. The van der Waals surface area contributed by atoms with Gasteiger partial charge in [0, 0.05) is 11.3 Å². The zero-order valence-electron chi connectivity index (χ0n) is 17.2. The summed E-state index contributed by atoms with van der Waals surface area (Å²) in [5.74, 6) is -2.71. The normalized spacial score (nSPS) is 15.8. The minimum atomic E-state index is -0.956. The smallest absolute Gasteiger partial charge is 0.355 e. The van der Waals surface area contributed by atoms with Crippen molar-refractivity contribution in [3.63, 3.8) is 0 Å². The Morgan fingerprint density at radius 2 is 1.59 bits per heavy atom. The van der Waals surface area contributed by atoms with Crippen molar-refractivity contribution < 1.29 is 23.9 Å². The Balaban J connectivity index is 2.36. The molecule has 0 aliphatic carbocycles. The number of benzene rings is 2. The van der Waals surface area contributed by atoms with Gasteiger partial charge in [0.1, 0.15) is 11.5 Å². The van der Waals surface area contributed by atoms with E-state index in [4.69, 9.17) is 26.8 Å². The van der Waals surface area contributed by atoms with Gasteiger partial charge in [0.2, 0.25) is 0 Å². The summed E-state index contributed by atoms with van der Waals surface area (Å²) in [6.07, 6.45) is 0. The molecule has 162 valence electrons. The van der Waals surface area contributed by atoms with Crippen LogP contribution in [0.25, 0.3) is 0 Å². The minimum Gasteiger partial charge on any atom is -0.466 e. The lowest BCUT2D eigenvalue weighted by molar-refractivity contribution is -0.139. The van der Waals surface area contributed by atoms with Gasteiger partial charge in [0.05, 0.1) is 37.4 Å². The molecule has 9 heteroatoms. The van der Waals surface area contributed by atoms with Crippen molar-refractivity contribution >= 4 is 34.5 Å². The van der Waals surface area contributed by atoms with Gasteiger partial charge in [-0.2, -0.15) is 5.26 Å². The summed E-state index contributed by atoms with van der Waals surface area (Å²) in [6.45, 7) is 0. The molecule has 1 aliphatic rings. The number of carbonyl (C=O) groups excluding carboxylic acids is 3. The number of allylic oxidation sites excluding steroid dienone is 1. The van der Waals surface area contributed by atoms with Crippen LogP contribution in [0.15, 0.2) is 77.3 Å². The summed E-state index contributed by atoms with van der Waals surface area (Å²) in [6, 6.07) is 16.6. The van der Waals surface area contributed by atoms with E-state index in [2.05, 4.69) is 6.07 Å². The lowest BCUT2D eigenvalue weighted by atomic mass is 9.81. The zero-order chi connectivity index (χ0) is 23.4. The van der Waals surface area contributed by atoms with Gasteiger partial charge in [-0.3, -0.25) is 9.69 Å². The third kappa shape index (κ3) is 3.94. The van der Waals surface area contributed by atoms with Crippen molar-refractivity contribution in [2.24, 2.45) is 5.73 Å². The van der Waals surface area contributed by atoms with Gasteiger partial charge in [-0.1, -0.05) is 30.3 Å². The number of rotatable bonds is 5. The number of carbonyl (C=O) groups is 3. The molecule has 0 aromatic heterocycles. The Morgan fingerprint density at radius 3 is 2.09 bits per heavy atom. The predicted octanol–water partition coefficient (Wildman–Crippen LogP) is 2.96. The summed E-state index contributed by atoms with van der Waals surface area (Å²) in [4.78, 5) is 38.5.